The molecular formula is C8H4F16. The molecule has 24 heavy (non-hydrogen) atoms. The molecule has 0 fully saturated rings. The molecule has 0 saturated carbocycles. The quantitative estimate of drug-likeness (QED) is 0.501. The summed E-state index contributed by atoms with van der Waals surface area (Å²) in [6.07, 6.45) is -35.5. The molecule has 0 rings (SSSR count). The highest BCUT2D eigenvalue weighted by atomic mass is 19.4. The summed E-state index contributed by atoms with van der Waals surface area (Å²) in [7, 11) is 0. The van der Waals surface area contributed by atoms with Crippen molar-refractivity contribution in [3.8, 4) is 0 Å². The highest BCUT2D eigenvalue weighted by Gasteiger charge is 2.62. The van der Waals surface area contributed by atoms with Crippen molar-refractivity contribution in [2.75, 3.05) is 0 Å². The number of hydrogen-bond donors (Lipinski definition) is 0. The van der Waals surface area contributed by atoms with Crippen molar-refractivity contribution >= 4 is 0 Å². The highest BCUT2D eigenvalue weighted by molar-refractivity contribution is 4.81. The summed E-state index contributed by atoms with van der Waals surface area (Å²) < 4.78 is 180. The van der Waals surface area contributed by atoms with Crippen LogP contribution in [0.4, 0.5) is 70.2 Å². The number of halogens is 16. The van der Waals surface area contributed by atoms with Gasteiger partial charge in [0.25, 0.3) is 0 Å². The van der Waals surface area contributed by atoms with Crippen LogP contribution in [0.15, 0.2) is 0 Å². The van der Waals surface area contributed by atoms with E-state index >= 15 is 0 Å². The van der Waals surface area contributed by atoms with Gasteiger partial charge in [0.2, 0.25) is 12.3 Å². The number of hydrogen-bond acceptors (Lipinski definition) is 0. The summed E-state index contributed by atoms with van der Waals surface area (Å²) in [4.78, 5) is 0. The van der Waals surface area contributed by atoms with E-state index in [4.69, 9.17) is 0 Å². The second-order valence-electron chi connectivity index (χ2n) is 3.88. The maximum absolute atomic E-state index is 11.6. The normalized spacial score (nSPS) is 17.0. The lowest BCUT2D eigenvalue weighted by atomic mass is 10.2. The Morgan fingerprint density at radius 1 is 0.500 bits per heavy atom. The smallest absolute Gasteiger partial charge is 0.234 e. The van der Waals surface area contributed by atoms with Crippen LogP contribution in [0.3, 0.4) is 0 Å². The highest BCUT2D eigenvalue weighted by Crippen LogP contribution is 2.42. The van der Waals surface area contributed by atoms with Crippen LogP contribution < -0.4 is 0 Å². The Kier molecular flexibility index (Phi) is 7.76. The van der Waals surface area contributed by atoms with Gasteiger partial charge in [0, 0.05) is 0 Å². The van der Waals surface area contributed by atoms with Crippen molar-refractivity contribution < 1.29 is 70.2 Å². The molecule has 0 aromatic heterocycles. The van der Waals surface area contributed by atoms with E-state index in [1.54, 1.807) is 0 Å². The predicted molar refractivity (Wildman–Crippen MR) is 43.6 cm³/mol. The van der Waals surface area contributed by atoms with Crippen LogP contribution in [0.2, 0.25) is 0 Å². The SMILES string of the molecule is FC(C(F)C(F)(F)F)C(F)(F)F.FC(F)(F)CC(F)(F)C(F)(F)F. The zero-order valence-electron chi connectivity index (χ0n) is 10.4. The Labute approximate surface area is 121 Å². The fourth-order valence-electron chi connectivity index (χ4n) is 0.684. The van der Waals surface area contributed by atoms with Gasteiger partial charge in [-0.1, -0.05) is 0 Å². The Morgan fingerprint density at radius 2 is 0.750 bits per heavy atom. The zero-order chi connectivity index (χ0) is 20.4. The van der Waals surface area contributed by atoms with Crippen molar-refractivity contribution in [2.45, 2.75) is 49.4 Å². The monoisotopic (exact) mass is 404 g/mol. The Bertz CT molecular complexity index is 347. The van der Waals surface area contributed by atoms with E-state index in [1.807, 2.05) is 0 Å². The standard InChI is InChI=1S/2C4H2F8/c5-2(6,4(10,11)12)1-3(7,8)9;5-1(3(7,8)9)2(6)4(10,11)12/h1H2;1-2H. The molecule has 16 heteroatoms. The van der Waals surface area contributed by atoms with Gasteiger partial charge in [0.05, 0.1) is 0 Å². The van der Waals surface area contributed by atoms with Crippen molar-refractivity contribution in [3.05, 3.63) is 0 Å². The molecule has 0 nitrogen and oxygen atoms in total. The molecule has 0 heterocycles. The van der Waals surface area contributed by atoms with E-state index in [-0.39, 0.29) is 0 Å². The van der Waals surface area contributed by atoms with Crippen molar-refractivity contribution in [1.29, 1.82) is 0 Å². The zero-order valence-corrected chi connectivity index (χ0v) is 10.4. The Balaban J connectivity index is 0. The van der Waals surface area contributed by atoms with Gasteiger partial charge in [-0.2, -0.15) is 61.5 Å². The largest absolute Gasteiger partial charge is 0.453 e. The minimum Gasteiger partial charge on any atom is -0.234 e. The molecule has 148 valence electrons. The molecule has 2 atom stereocenters. The van der Waals surface area contributed by atoms with Crippen LogP contribution in [0.5, 0.6) is 0 Å². The third kappa shape index (κ3) is 9.24. The number of rotatable bonds is 2. The molecule has 0 aliphatic carbocycles. The first-order valence-electron chi connectivity index (χ1n) is 4.95. The van der Waals surface area contributed by atoms with Crippen molar-refractivity contribution in [3.63, 3.8) is 0 Å². The molecule has 0 aliphatic rings. The van der Waals surface area contributed by atoms with Crippen molar-refractivity contribution in [2.24, 2.45) is 0 Å². The Morgan fingerprint density at radius 3 is 0.833 bits per heavy atom. The average Bonchev–Trinajstić information content (AvgIpc) is 2.20. The fourth-order valence-corrected chi connectivity index (χ4v) is 0.684. The molecule has 0 amide bonds. The van der Waals surface area contributed by atoms with Crippen LogP contribution >= 0.6 is 0 Å². The lowest BCUT2D eigenvalue weighted by Gasteiger charge is -2.20. The van der Waals surface area contributed by atoms with Gasteiger partial charge in [-0.3, -0.25) is 0 Å². The second kappa shape index (κ2) is 7.41. The van der Waals surface area contributed by atoms with Gasteiger partial charge < -0.3 is 0 Å². The summed E-state index contributed by atoms with van der Waals surface area (Å²) in [6.45, 7) is 0. The number of alkyl halides is 16. The molecule has 0 saturated heterocycles. The van der Waals surface area contributed by atoms with E-state index in [0.29, 0.717) is 0 Å². The van der Waals surface area contributed by atoms with Crippen molar-refractivity contribution in [1.82, 2.24) is 0 Å². The van der Waals surface area contributed by atoms with Gasteiger partial charge in [-0.25, -0.2) is 8.78 Å². The van der Waals surface area contributed by atoms with Gasteiger partial charge >= 0.3 is 30.6 Å². The predicted octanol–water partition coefficient (Wildman–Crippen LogP) is 5.92. The van der Waals surface area contributed by atoms with E-state index in [0.717, 1.165) is 0 Å². The van der Waals surface area contributed by atoms with Gasteiger partial charge in [-0.15, -0.1) is 0 Å². The van der Waals surface area contributed by atoms with Crippen LogP contribution in [0.1, 0.15) is 6.42 Å². The third-order valence-electron chi connectivity index (χ3n) is 1.72. The summed E-state index contributed by atoms with van der Waals surface area (Å²) in [5, 5.41) is 0. The molecule has 0 aromatic carbocycles. The molecule has 0 radical (unpaired) electrons. The molecular weight excluding hydrogens is 400 g/mol. The van der Waals surface area contributed by atoms with E-state index < -0.39 is 49.4 Å². The van der Waals surface area contributed by atoms with Crippen LogP contribution in [-0.4, -0.2) is 43.0 Å². The van der Waals surface area contributed by atoms with Crippen LogP contribution in [0, 0.1) is 0 Å². The summed E-state index contributed by atoms with van der Waals surface area (Å²) in [5.41, 5.74) is 0. The first-order chi connectivity index (χ1) is 10.0. The Hall–Kier alpha value is -1.12. The lowest BCUT2D eigenvalue weighted by molar-refractivity contribution is -0.313. The van der Waals surface area contributed by atoms with Gasteiger partial charge in [0.1, 0.15) is 6.42 Å². The molecule has 0 bridgehead atoms. The summed E-state index contributed by atoms with van der Waals surface area (Å²) in [5.74, 6) is -5.70. The molecule has 0 aromatic rings. The topological polar surface area (TPSA) is 0 Å². The maximum Gasteiger partial charge on any atom is 0.453 e. The minimum absolute atomic E-state index is 3.18. The van der Waals surface area contributed by atoms with E-state index in [2.05, 4.69) is 0 Å². The maximum atomic E-state index is 11.6. The summed E-state index contributed by atoms with van der Waals surface area (Å²) in [6, 6.07) is 0. The van der Waals surface area contributed by atoms with E-state index in [1.165, 1.54) is 0 Å². The third-order valence-corrected chi connectivity index (χ3v) is 1.72. The summed E-state index contributed by atoms with van der Waals surface area (Å²) >= 11 is 0. The molecule has 0 N–H and O–H groups in total. The molecule has 0 aliphatic heterocycles. The molecule has 0 spiro atoms. The first-order valence-corrected chi connectivity index (χ1v) is 4.95. The van der Waals surface area contributed by atoms with Gasteiger partial charge in [0.15, 0.2) is 0 Å². The fraction of sp³-hybridized carbons (Fsp3) is 1.00. The first kappa shape index (κ1) is 25.1. The van der Waals surface area contributed by atoms with Gasteiger partial charge in [-0.05, 0) is 0 Å². The van der Waals surface area contributed by atoms with Crippen LogP contribution in [0.25, 0.3) is 0 Å². The van der Waals surface area contributed by atoms with E-state index in [9.17, 15) is 70.2 Å². The molecule has 2 unspecified atom stereocenters. The average molecular weight is 404 g/mol. The van der Waals surface area contributed by atoms with Crippen LogP contribution in [-0.2, 0) is 0 Å². The second-order valence-corrected chi connectivity index (χ2v) is 3.88. The minimum atomic E-state index is -6.15. The lowest BCUT2D eigenvalue weighted by Crippen LogP contribution is -2.42.